The summed E-state index contributed by atoms with van der Waals surface area (Å²) in [5, 5.41) is 2.68. The molecular formula is C18H21FN6O2. The number of halogens is 1. The molecule has 0 radical (unpaired) electrons. The van der Waals surface area contributed by atoms with Crippen LogP contribution in [0.5, 0.6) is 0 Å². The van der Waals surface area contributed by atoms with Gasteiger partial charge in [-0.3, -0.25) is 9.78 Å². The third-order valence-electron chi connectivity index (χ3n) is 4.40. The van der Waals surface area contributed by atoms with Crippen molar-refractivity contribution in [1.29, 1.82) is 0 Å². The average molecular weight is 372 g/mol. The highest BCUT2D eigenvalue weighted by atomic mass is 19.1. The second kappa shape index (κ2) is 7.56. The summed E-state index contributed by atoms with van der Waals surface area (Å²) < 4.78 is 13.5. The summed E-state index contributed by atoms with van der Waals surface area (Å²) in [7, 11) is 0. The van der Waals surface area contributed by atoms with Crippen molar-refractivity contribution in [2.24, 2.45) is 5.73 Å². The summed E-state index contributed by atoms with van der Waals surface area (Å²) in [5.74, 6) is -0.768. The molecule has 0 bridgehead atoms. The monoisotopic (exact) mass is 372 g/mol. The van der Waals surface area contributed by atoms with Gasteiger partial charge in [0.15, 0.2) is 0 Å². The third kappa shape index (κ3) is 4.13. The van der Waals surface area contributed by atoms with Gasteiger partial charge in [0.25, 0.3) is 5.91 Å². The number of primary amides is 1. The van der Waals surface area contributed by atoms with E-state index in [9.17, 15) is 14.0 Å². The van der Waals surface area contributed by atoms with Crippen LogP contribution < -0.4 is 16.0 Å². The van der Waals surface area contributed by atoms with Gasteiger partial charge in [0, 0.05) is 38.1 Å². The van der Waals surface area contributed by atoms with Crippen molar-refractivity contribution in [3.05, 3.63) is 47.2 Å². The van der Waals surface area contributed by atoms with Crippen molar-refractivity contribution in [2.45, 2.75) is 13.8 Å². The van der Waals surface area contributed by atoms with Gasteiger partial charge in [0.2, 0.25) is 0 Å². The molecular weight excluding hydrogens is 351 g/mol. The van der Waals surface area contributed by atoms with Crippen LogP contribution in [0.25, 0.3) is 0 Å². The largest absolute Gasteiger partial charge is 0.366 e. The summed E-state index contributed by atoms with van der Waals surface area (Å²) in [6.07, 6.45) is 1.73. The molecule has 3 amide bonds. The number of nitrogens with zero attached hydrogens (tertiary/aromatic N) is 4. The Labute approximate surface area is 156 Å². The van der Waals surface area contributed by atoms with Gasteiger partial charge in [-0.15, -0.1) is 0 Å². The van der Waals surface area contributed by atoms with Gasteiger partial charge in [-0.1, -0.05) is 0 Å². The fourth-order valence-electron chi connectivity index (χ4n) is 2.94. The fourth-order valence-corrected chi connectivity index (χ4v) is 2.94. The van der Waals surface area contributed by atoms with Crippen LogP contribution in [0.1, 0.15) is 21.7 Å². The second-order valence-electron chi connectivity index (χ2n) is 6.38. The van der Waals surface area contributed by atoms with E-state index >= 15 is 0 Å². The molecule has 1 aromatic heterocycles. The molecule has 9 heteroatoms. The number of urea groups is 1. The van der Waals surface area contributed by atoms with Crippen LogP contribution in [0, 0.1) is 19.7 Å². The topological polar surface area (TPSA) is 104 Å². The molecule has 0 unspecified atom stereocenters. The first kappa shape index (κ1) is 18.6. The maximum Gasteiger partial charge on any atom is 0.321 e. The van der Waals surface area contributed by atoms with Crippen LogP contribution in [-0.2, 0) is 0 Å². The number of piperazine rings is 1. The lowest BCUT2D eigenvalue weighted by molar-refractivity contribution is 0.0996. The highest BCUT2D eigenvalue weighted by Crippen LogP contribution is 2.19. The lowest BCUT2D eigenvalue weighted by Gasteiger charge is -2.35. The molecule has 2 aromatic rings. The van der Waals surface area contributed by atoms with Crippen LogP contribution in [0.2, 0.25) is 0 Å². The maximum absolute atomic E-state index is 13.5. The first-order valence-corrected chi connectivity index (χ1v) is 8.55. The first-order valence-electron chi connectivity index (χ1n) is 8.55. The Bertz CT molecular complexity index is 880. The number of carbonyl (C=O) groups is 2. The van der Waals surface area contributed by atoms with Gasteiger partial charge in [0.05, 0.1) is 17.0 Å². The minimum atomic E-state index is -0.883. The summed E-state index contributed by atoms with van der Waals surface area (Å²) in [4.78, 5) is 36.3. The fraction of sp³-hybridized carbons (Fsp3) is 0.333. The number of carbonyl (C=O) groups excluding carboxylic acids is 2. The predicted molar refractivity (Wildman–Crippen MR) is 99.2 cm³/mol. The van der Waals surface area contributed by atoms with Crippen LogP contribution in [0.15, 0.2) is 24.4 Å². The van der Waals surface area contributed by atoms with Crippen molar-refractivity contribution in [2.75, 3.05) is 36.4 Å². The molecule has 1 aliphatic heterocycles. The van der Waals surface area contributed by atoms with E-state index in [-0.39, 0.29) is 11.6 Å². The standard InChI is InChI=1S/C18H21FN6O2/c1-11-10-21-12(2)17(22-11)24-5-7-25(8-6-24)18(27)23-13-3-4-15(19)14(9-13)16(20)26/h3-4,9-10H,5-8H2,1-2H3,(H2,20,26)(H,23,27). The SMILES string of the molecule is Cc1cnc(C)c(N2CCN(C(=O)Nc3ccc(F)c(C(N)=O)c3)CC2)n1. The van der Waals surface area contributed by atoms with E-state index in [0.717, 1.165) is 23.3 Å². The highest BCUT2D eigenvalue weighted by Gasteiger charge is 2.23. The van der Waals surface area contributed by atoms with E-state index in [0.29, 0.717) is 31.9 Å². The molecule has 1 aromatic carbocycles. The van der Waals surface area contributed by atoms with Crippen LogP contribution in [0.4, 0.5) is 20.7 Å². The van der Waals surface area contributed by atoms with E-state index in [1.807, 2.05) is 13.8 Å². The van der Waals surface area contributed by atoms with Gasteiger partial charge in [-0.2, -0.15) is 0 Å². The van der Waals surface area contributed by atoms with Crippen LogP contribution in [0.3, 0.4) is 0 Å². The Hall–Kier alpha value is -3.23. The van der Waals surface area contributed by atoms with E-state index < -0.39 is 11.7 Å². The smallest absolute Gasteiger partial charge is 0.321 e. The number of amides is 3. The Kier molecular flexibility index (Phi) is 5.20. The number of aromatic nitrogens is 2. The highest BCUT2D eigenvalue weighted by molar-refractivity contribution is 5.96. The molecule has 3 rings (SSSR count). The average Bonchev–Trinajstić information content (AvgIpc) is 2.65. The van der Waals surface area contributed by atoms with Crippen molar-refractivity contribution >= 4 is 23.4 Å². The van der Waals surface area contributed by atoms with Crippen molar-refractivity contribution in [1.82, 2.24) is 14.9 Å². The first-order chi connectivity index (χ1) is 12.8. The second-order valence-corrected chi connectivity index (χ2v) is 6.38. The molecule has 3 N–H and O–H groups in total. The zero-order valence-electron chi connectivity index (χ0n) is 15.2. The molecule has 27 heavy (non-hydrogen) atoms. The third-order valence-corrected chi connectivity index (χ3v) is 4.40. The summed E-state index contributed by atoms with van der Waals surface area (Å²) in [5.41, 5.74) is 6.89. The number of nitrogens with one attached hydrogen (secondary N) is 1. The molecule has 142 valence electrons. The number of hydrogen-bond acceptors (Lipinski definition) is 5. The Morgan fingerprint density at radius 1 is 1.19 bits per heavy atom. The number of hydrogen-bond donors (Lipinski definition) is 2. The minimum absolute atomic E-state index is 0.258. The lowest BCUT2D eigenvalue weighted by Crippen LogP contribution is -2.50. The molecule has 0 atom stereocenters. The normalized spacial score (nSPS) is 14.2. The lowest BCUT2D eigenvalue weighted by atomic mass is 10.2. The molecule has 1 saturated heterocycles. The number of aryl methyl sites for hydroxylation is 2. The van der Waals surface area contributed by atoms with Gasteiger partial charge in [-0.25, -0.2) is 14.2 Å². The Morgan fingerprint density at radius 2 is 1.89 bits per heavy atom. The van der Waals surface area contributed by atoms with Crippen molar-refractivity contribution < 1.29 is 14.0 Å². The summed E-state index contributed by atoms with van der Waals surface area (Å²) in [6, 6.07) is 3.41. The van der Waals surface area contributed by atoms with E-state index in [1.54, 1.807) is 11.1 Å². The van der Waals surface area contributed by atoms with Crippen LogP contribution in [-0.4, -0.2) is 53.0 Å². The van der Waals surface area contributed by atoms with Crippen LogP contribution >= 0.6 is 0 Å². The van der Waals surface area contributed by atoms with Gasteiger partial charge in [0.1, 0.15) is 11.6 Å². The minimum Gasteiger partial charge on any atom is -0.366 e. The Balaban J connectivity index is 1.63. The van der Waals surface area contributed by atoms with Gasteiger partial charge in [-0.05, 0) is 32.0 Å². The number of nitrogens with two attached hydrogens (primary N) is 1. The molecule has 0 spiro atoms. The molecule has 0 aliphatic carbocycles. The number of benzene rings is 1. The predicted octanol–water partition coefficient (Wildman–Crippen LogP) is 1.69. The Morgan fingerprint density at radius 3 is 2.56 bits per heavy atom. The van der Waals surface area contributed by atoms with Crippen molar-refractivity contribution in [3.8, 4) is 0 Å². The molecule has 2 heterocycles. The number of anilines is 2. The molecule has 1 fully saturated rings. The quantitative estimate of drug-likeness (QED) is 0.853. The molecule has 8 nitrogen and oxygen atoms in total. The maximum atomic E-state index is 13.5. The molecule has 1 aliphatic rings. The van der Waals surface area contributed by atoms with Crippen molar-refractivity contribution in [3.63, 3.8) is 0 Å². The van der Waals surface area contributed by atoms with Gasteiger partial charge < -0.3 is 20.9 Å². The summed E-state index contributed by atoms with van der Waals surface area (Å²) >= 11 is 0. The number of rotatable bonds is 3. The zero-order valence-corrected chi connectivity index (χ0v) is 15.2. The summed E-state index contributed by atoms with van der Waals surface area (Å²) in [6.45, 7) is 6.06. The van der Waals surface area contributed by atoms with E-state index in [1.165, 1.54) is 12.1 Å². The van der Waals surface area contributed by atoms with Gasteiger partial charge >= 0.3 is 6.03 Å². The molecule has 0 saturated carbocycles. The zero-order chi connectivity index (χ0) is 19.6. The van der Waals surface area contributed by atoms with E-state index in [2.05, 4.69) is 20.2 Å². The van der Waals surface area contributed by atoms with E-state index in [4.69, 9.17) is 5.73 Å².